The fraction of sp³-hybridized carbons (Fsp3) is 0.786. The van der Waals surface area contributed by atoms with E-state index in [1.807, 2.05) is 12.1 Å². The first kappa shape index (κ1) is 22.7. The first-order chi connectivity index (χ1) is 15.0. The van der Waals surface area contributed by atoms with Gasteiger partial charge in [-0.05, 0) is 109 Å². The van der Waals surface area contributed by atoms with E-state index in [1.54, 1.807) is 12.1 Å². The van der Waals surface area contributed by atoms with E-state index in [0.717, 1.165) is 54.1 Å². The normalized spacial score (nSPS) is 46.1. The molecule has 4 heteroatoms. The highest BCUT2D eigenvalue weighted by molar-refractivity contribution is 7.90. The second-order valence-corrected chi connectivity index (χ2v) is 14.6. The number of benzene rings is 1. The predicted molar refractivity (Wildman–Crippen MR) is 129 cm³/mol. The average Bonchev–Trinajstić information content (AvgIpc) is 3.05. The van der Waals surface area contributed by atoms with Crippen LogP contribution in [0.5, 0.6) is 5.75 Å². The lowest BCUT2D eigenvalue weighted by Crippen LogP contribution is -2.56. The van der Waals surface area contributed by atoms with Crippen molar-refractivity contribution in [3.8, 4) is 5.75 Å². The Bertz CT molecular complexity index is 953. The summed E-state index contributed by atoms with van der Waals surface area (Å²) in [6.45, 7) is 10.3. The van der Waals surface area contributed by atoms with Crippen molar-refractivity contribution in [1.82, 2.24) is 0 Å². The van der Waals surface area contributed by atoms with Gasteiger partial charge in [-0.1, -0.05) is 40.5 Å². The first-order valence-electron chi connectivity index (χ1n) is 13.0. The van der Waals surface area contributed by atoms with Crippen LogP contribution in [0.15, 0.2) is 29.2 Å². The van der Waals surface area contributed by atoms with E-state index in [1.165, 1.54) is 44.8 Å². The second-order valence-electron chi connectivity index (χ2n) is 12.6. The van der Waals surface area contributed by atoms with Gasteiger partial charge in [0.15, 0.2) is 9.84 Å². The van der Waals surface area contributed by atoms with Crippen LogP contribution in [-0.2, 0) is 9.84 Å². The zero-order chi connectivity index (χ0) is 22.9. The molecule has 4 aliphatic carbocycles. The Labute approximate surface area is 195 Å². The molecule has 1 aromatic rings. The Kier molecular flexibility index (Phi) is 5.51. The number of ether oxygens (including phenoxy) is 1. The number of hydrogen-bond donors (Lipinski definition) is 0. The summed E-state index contributed by atoms with van der Waals surface area (Å²) in [6, 6.07) is 7.03. The molecule has 0 spiro atoms. The van der Waals surface area contributed by atoms with E-state index in [2.05, 4.69) is 27.7 Å². The molecule has 4 saturated carbocycles. The zero-order valence-electron chi connectivity index (χ0n) is 20.6. The topological polar surface area (TPSA) is 43.4 Å². The summed E-state index contributed by atoms with van der Waals surface area (Å²) < 4.78 is 30.0. The first-order valence-corrected chi connectivity index (χ1v) is 14.9. The van der Waals surface area contributed by atoms with Crippen LogP contribution in [0.1, 0.15) is 79.1 Å². The minimum absolute atomic E-state index is 0.246. The minimum atomic E-state index is -3.17. The lowest BCUT2D eigenvalue weighted by Gasteiger charge is -2.63. The minimum Gasteiger partial charge on any atom is -0.490 e. The molecule has 4 aliphatic rings. The lowest BCUT2D eigenvalue weighted by atomic mass is 9.42. The molecule has 0 N–H and O–H groups in total. The van der Waals surface area contributed by atoms with Crippen molar-refractivity contribution in [2.75, 3.05) is 6.26 Å². The highest BCUT2D eigenvalue weighted by Crippen LogP contribution is 2.68. The second kappa shape index (κ2) is 7.75. The molecule has 0 aromatic heterocycles. The monoisotopic (exact) mass is 458 g/mol. The van der Waals surface area contributed by atoms with Crippen molar-refractivity contribution in [2.45, 2.75) is 90.1 Å². The SMILES string of the molecule is CC1CCC[C@@]2(C)[C@H]1C[C@H](C)[C@H]1[C@@H]3C[C@H](Oc4ccc(S(C)(=O)=O)cc4)C[C@@]3(C)CC[C@@H]12. The number of rotatable bonds is 3. The molecule has 32 heavy (non-hydrogen) atoms. The van der Waals surface area contributed by atoms with Gasteiger partial charge in [0.1, 0.15) is 5.75 Å². The van der Waals surface area contributed by atoms with Gasteiger partial charge in [0.05, 0.1) is 11.0 Å². The van der Waals surface area contributed by atoms with Crippen molar-refractivity contribution in [2.24, 2.45) is 46.3 Å². The van der Waals surface area contributed by atoms with Gasteiger partial charge < -0.3 is 4.74 Å². The molecule has 9 atom stereocenters. The number of hydrogen-bond acceptors (Lipinski definition) is 3. The highest BCUT2D eigenvalue weighted by atomic mass is 32.2. The molecule has 0 amide bonds. The summed E-state index contributed by atoms with van der Waals surface area (Å²) >= 11 is 0. The van der Waals surface area contributed by atoms with Gasteiger partial charge in [-0.25, -0.2) is 8.42 Å². The van der Waals surface area contributed by atoms with Gasteiger partial charge in [0.25, 0.3) is 0 Å². The van der Waals surface area contributed by atoms with Crippen LogP contribution in [0.2, 0.25) is 0 Å². The summed E-state index contributed by atoms with van der Waals surface area (Å²) in [6.07, 6.45) is 12.2. The Balaban J connectivity index is 1.35. The third-order valence-electron chi connectivity index (χ3n) is 10.7. The van der Waals surface area contributed by atoms with E-state index >= 15 is 0 Å². The zero-order valence-corrected chi connectivity index (χ0v) is 21.5. The van der Waals surface area contributed by atoms with Crippen LogP contribution in [-0.4, -0.2) is 20.8 Å². The number of sulfone groups is 1. The Hall–Kier alpha value is -1.03. The van der Waals surface area contributed by atoms with E-state index in [-0.39, 0.29) is 6.10 Å². The largest absolute Gasteiger partial charge is 0.490 e. The molecule has 1 unspecified atom stereocenters. The Morgan fingerprint density at radius 2 is 1.62 bits per heavy atom. The van der Waals surface area contributed by atoms with Crippen LogP contribution in [0, 0.1) is 46.3 Å². The molecule has 1 aromatic carbocycles. The molecule has 3 nitrogen and oxygen atoms in total. The summed E-state index contributed by atoms with van der Waals surface area (Å²) in [5, 5.41) is 0. The smallest absolute Gasteiger partial charge is 0.175 e. The third kappa shape index (κ3) is 3.63. The van der Waals surface area contributed by atoms with Gasteiger partial charge in [0, 0.05) is 6.26 Å². The molecule has 0 aliphatic heterocycles. The molecular formula is C28H42O3S. The summed E-state index contributed by atoms with van der Waals surface area (Å²) in [7, 11) is -3.17. The van der Waals surface area contributed by atoms with Crippen molar-refractivity contribution in [3.63, 3.8) is 0 Å². The van der Waals surface area contributed by atoms with Gasteiger partial charge in [0.2, 0.25) is 0 Å². The van der Waals surface area contributed by atoms with Gasteiger partial charge >= 0.3 is 0 Å². The molecule has 4 fully saturated rings. The molecule has 5 rings (SSSR count). The van der Waals surface area contributed by atoms with Crippen LogP contribution in [0.25, 0.3) is 0 Å². The van der Waals surface area contributed by atoms with Crippen LogP contribution in [0.3, 0.4) is 0 Å². The standard InChI is InChI=1S/C28H42O3S/c1-18-7-6-13-28(4)23-12-14-27(3)17-21(16-25(27)26(23)19(2)15-24(18)28)31-20-8-10-22(11-9-20)32(5,29)30/h8-11,18-19,21,23-26H,6-7,12-17H2,1-5H3/t18?,19-,21-,23-,24-,25-,26+,27+,28+/m0/s1. The molecule has 0 radical (unpaired) electrons. The van der Waals surface area contributed by atoms with Crippen molar-refractivity contribution < 1.29 is 13.2 Å². The van der Waals surface area contributed by atoms with E-state index < -0.39 is 9.84 Å². The van der Waals surface area contributed by atoms with Gasteiger partial charge in [-0.2, -0.15) is 0 Å². The van der Waals surface area contributed by atoms with Crippen molar-refractivity contribution in [3.05, 3.63) is 24.3 Å². The predicted octanol–water partition coefficient (Wildman–Crippen LogP) is 6.76. The van der Waals surface area contributed by atoms with Crippen LogP contribution in [0.4, 0.5) is 0 Å². The fourth-order valence-corrected chi connectivity index (χ4v) is 9.79. The molecule has 178 valence electrons. The highest BCUT2D eigenvalue weighted by Gasteiger charge is 2.61. The van der Waals surface area contributed by atoms with Crippen molar-refractivity contribution in [1.29, 1.82) is 0 Å². The van der Waals surface area contributed by atoms with E-state index in [0.29, 0.717) is 15.7 Å². The Morgan fingerprint density at radius 1 is 0.906 bits per heavy atom. The maximum Gasteiger partial charge on any atom is 0.175 e. The maximum absolute atomic E-state index is 11.8. The quantitative estimate of drug-likeness (QED) is 0.502. The molecule has 0 heterocycles. The van der Waals surface area contributed by atoms with E-state index in [9.17, 15) is 8.42 Å². The van der Waals surface area contributed by atoms with Crippen molar-refractivity contribution >= 4 is 9.84 Å². The summed E-state index contributed by atoms with van der Waals surface area (Å²) in [4.78, 5) is 0.361. The van der Waals surface area contributed by atoms with Gasteiger partial charge in [-0.3, -0.25) is 0 Å². The number of fused-ring (bicyclic) bond motifs is 5. The Morgan fingerprint density at radius 3 is 2.31 bits per heavy atom. The fourth-order valence-electron chi connectivity index (χ4n) is 9.16. The molecule has 0 saturated heterocycles. The van der Waals surface area contributed by atoms with Gasteiger partial charge in [-0.15, -0.1) is 0 Å². The lowest BCUT2D eigenvalue weighted by molar-refractivity contribution is -0.141. The van der Waals surface area contributed by atoms with Crippen LogP contribution >= 0.6 is 0 Å². The molecule has 0 bridgehead atoms. The van der Waals surface area contributed by atoms with Crippen LogP contribution < -0.4 is 4.74 Å². The van der Waals surface area contributed by atoms with E-state index in [4.69, 9.17) is 4.74 Å². The summed E-state index contributed by atoms with van der Waals surface area (Å²) in [5.41, 5.74) is 0.923. The maximum atomic E-state index is 11.8. The third-order valence-corrected chi connectivity index (χ3v) is 11.8. The average molecular weight is 459 g/mol. The molecular weight excluding hydrogens is 416 g/mol. The summed E-state index contributed by atoms with van der Waals surface area (Å²) in [5.74, 6) is 5.90.